The minimum atomic E-state index is -0.693. The maximum absolute atomic E-state index is 12.0. The van der Waals surface area contributed by atoms with E-state index in [9.17, 15) is 14.7 Å². The molecular formula is C13H19NO3. The molecule has 3 aliphatic rings. The van der Waals surface area contributed by atoms with Crippen molar-refractivity contribution in [2.45, 2.75) is 38.5 Å². The van der Waals surface area contributed by atoms with Crippen molar-refractivity contribution in [3.05, 3.63) is 0 Å². The molecule has 2 atom stereocenters. The van der Waals surface area contributed by atoms with Gasteiger partial charge in [-0.25, -0.2) is 0 Å². The fraction of sp³-hybridized carbons (Fsp3) is 0.846. The van der Waals surface area contributed by atoms with Crippen molar-refractivity contribution in [3.8, 4) is 0 Å². The van der Waals surface area contributed by atoms with Crippen molar-refractivity contribution in [2.24, 2.45) is 17.3 Å². The van der Waals surface area contributed by atoms with Gasteiger partial charge in [0.2, 0.25) is 5.91 Å². The number of carbonyl (C=O) groups is 2. The third kappa shape index (κ3) is 1.74. The smallest absolute Gasteiger partial charge is 0.311 e. The molecule has 2 aliphatic carbocycles. The Balaban J connectivity index is 1.70. The SMILES string of the molecule is O=C(CC1CC1)N1C[C@@H]2CCC[C@@]2(C(=O)O)C1. The Hall–Kier alpha value is -1.06. The summed E-state index contributed by atoms with van der Waals surface area (Å²) >= 11 is 0. The predicted octanol–water partition coefficient (Wildman–Crippen LogP) is 1.50. The van der Waals surface area contributed by atoms with Crippen molar-refractivity contribution in [1.82, 2.24) is 4.90 Å². The molecule has 1 N–H and O–H groups in total. The summed E-state index contributed by atoms with van der Waals surface area (Å²) in [4.78, 5) is 25.3. The molecule has 3 fully saturated rings. The summed E-state index contributed by atoms with van der Waals surface area (Å²) in [6.07, 6.45) is 5.71. The number of hydrogen-bond donors (Lipinski definition) is 1. The van der Waals surface area contributed by atoms with Gasteiger partial charge in [-0.1, -0.05) is 6.42 Å². The van der Waals surface area contributed by atoms with Gasteiger partial charge in [0.1, 0.15) is 0 Å². The zero-order chi connectivity index (χ0) is 12.0. The normalized spacial score (nSPS) is 36.0. The van der Waals surface area contributed by atoms with Gasteiger partial charge in [-0.05, 0) is 37.5 Å². The zero-order valence-corrected chi connectivity index (χ0v) is 10.0. The van der Waals surface area contributed by atoms with Gasteiger partial charge >= 0.3 is 5.97 Å². The molecule has 2 saturated carbocycles. The molecule has 0 aromatic heterocycles. The molecule has 4 heteroatoms. The highest BCUT2D eigenvalue weighted by Gasteiger charge is 2.55. The Morgan fingerprint density at radius 1 is 1.29 bits per heavy atom. The van der Waals surface area contributed by atoms with Crippen LogP contribution in [0, 0.1) is 17.3 Å². The lowest BCUT2D eigenvalue weighted by atomic mass is 9.81. The number of aliphatic carboxylic acids is 1. The Morgan fingerprint density at radius 2 is 2.06 bits per heavy atom. The zero-order valence-electron chi connectivity index (χ0n) is 10.0. The molecular weight excluding hydrogens is 218 g/mol. The Labute approximate surface area is 101 Å². The topological polar surface area (TPSA) is 57.6 Å². The summed E-state index contributed by atoms with van der Waals surface area (Å²) < 4.78 is 0. The summed E-state index contributed by atoms with van der Waals surface area (Å²) in [5.74, 6) is 0.274. The number of likely N-dealkylation sites (tertiary alicyclic amines) is 1. The number of carboxylic acids is 1. The van der Waals surface area contributed by atoms with E-state index in [0.29, 0.717) is 25.4 Å². The van der Waals surface area contributed by atoms with Crippen LogP contribution in [0.1, 0.15) is 38.5 Å². The minimum absolute atomic E-state index is 0.183. The quantitative estimate of drug-likeness (QED) is 0.809. The third-order valence-corrected chi connectivity index (χ3v) is 4.81. The molecule has 3 rings (SSSR count). The van der Waals surface area contributed by atoms with Crippen LogP contribution in [-0.4, -0.2) is 35.0 Å². The van der Waals surface area contributed by atoms with Crippen LogP contribution in [0.25, 0.3) is 0 Å². The maximum atomic E-state index is 12.0. The van der Waals surface area contributed by atoms with Gasteiger partial charge in [0.15, 0.2) is 0 Å². The summed E-state index contributed by atoms with van der Waals surface area (Å²) in [7, 11) is 0. The lowest BCUT2D eigenvalue weighted by molar-refractivity contribution is -0.149. The van der Waals surface area contributed by atoms with E-state index in [1.807, 2.05) is 4.90 Å². The van der Waals surface area contributed by atoms with Gasteiger partial charge in [0, 0.05) is 19.5 Å². The van der Waals surface area contributed by atoms with Crippen LogP contribution in [0.4, 0.5) is 0 Å². The highest BCUT2D eigenvalue weighted by molar-refractivity contribution is 5.81. The number of rotatable bonds is 3. The second-order valence-corrected chi connectivity index (χ2v) is 5.97. The second-order valence-electron chi connectivity index (χ2n) is 5.97. The van der Waals surface area contributed by atoms with Crippen LogP contribution < -0.4 is 0 Å². The monoisotopic (exact) mass is 237 g/mol. The molecule has 0 aromatic rings. The van der Waals surface area contributed by atoms with E-state index in [1.165, 1.54) is 12.8 Å². The van der Waals surface area contributed by atoms with Crippen LogP contribution in [-0.2, 0) is 9.59 Å². The molecule has 0 aromatic carbocycles. The molecule has 1 amide bonds. The van der Waals surface area contributed by atoms with E-state index in [1.54, 1.807) is 0 Å². The molecule has 0 unspecified atom stereocenters. The summed E-state index contributed by atoms with van der Waals surface area (Å²) in [5.41, 5.74) is -0.612. The molecule has 4 nitrogen and oxygen atoms in total. The van der Waals surface area contributed by atoms with Crippen molar-refractivity contribution >= 4 is 11.9 Å². The fourth-order valence-corrected chi connectivity index (χ4v) is 3.53. The Bertz CT molecular complexity index is 364. The number of hydrogen-bond acceptors (Lipinski definition) is 2. The predicted molar refractivity (Wildman–Crippen MR) is 61.3 cm³/mol. The summed E-state index contributed by atoms with van der Waals surface area (Å²) in [6.45, 7) is 1.14. The van der Waals surface area contributed by atoms with Gasteiger partial charge in [-0.15, -0.1) is 0 Å². The van der Waals surface area contributed by atoms with Crippen molar-refractivity contribution in [1.29, 1.82) is 0 Å². The van der Waals surface area contributed by atoms with Crippen molar-refractivity contribution in [2.75, 3.05) is 13.1 Å². The van der Waals surface area contributed by atoms with Crippen LogP contribution >= 0.6 is 0 Å². The standard InChI is InChI=1S/C13H19NO3/c15-11(6-9-3-4-9)14-7-10-2-1-5-13(10,8-14)12(16)17/h9-10H,1-8H2,(H,16,17)/t10-,13+/m0/s1. The van der Waals surface area contributed by atoms with E-state index in [0.717, 1.165) is 19.3 Å². The van der Waals surface area contributed by atoms with Crippen LogP contribution in [0.5, 0.6) is 0 Å². The number of carboxylic acid groups (broad SMARTS) is 1. The van der Waals surface area contributed by atoms with E-state index in [4.69, 9.17) is 0 Å². The second kappa shape index (κ2) is 3.72. The van der Waals surface area contributed by atoms with Crippen LogP contribution in [0.3, 0.4) is 0 Å². The van der Waals surface area contributed by atoms with Crippen molar-refractivity contribution < 1.29 is 14.7 Å². The third-order valence-electron chi connectivity index (χ3n) is 4.81. The molecule has 94 valence electrons. The average Bonchev–Trinajstić information content (AvgIpc) is 2.86. The largest absolute Gasteiger partial charge is 0.481 e. The molecule has 1 heterocycles. The van der Waals surface area contributed by atoms with Gasteiger partial charge in [0.05, 0.1) is 5.41 Å². The summed E-state index contributed by atoms with van der Waals surface area (Å²) in [5, 5.41) is 9.43. The first kappa shape index (κ1) is 11.1. The van der Waals surface area contributed by atoms with Gasteiger partial charge < -0.3 is 10.0 Å². The van der Waals surface area contributed by atoms with Gasteiger partial charge in [0.25, 0.3) is 0 Å². The lowest BCUT2D eigenvalue weighted by Crippen LogP contribution is -2.37. The Kier molecular flexibility index (Phi) is 2.42. The molecule has 0 spiro atoms. The van der Waals surface area contributed by atoms with Gasteiger partial charge in [-0.3, -0.25) is 9.59 Å². The van der Waals surface area contributed by atoms with Gasteiger partial charge in [-0.2, -0.15) is 0 Å². The average molecular weight is 237 g/mol. The minimum Gasteiger partial charge on any atom is -0.481 e. The van der Waals surface area contributed by atoms with Crippen molar-refractivity contribution in [3.63, 3.8) is 0 Å². The first-order valence-electron chi connectivity index (χ1n) is 6.63. The number of carbonyl (C=O) groups excluding carboxylic acids is 1. The van der Waals surface area contributed by atoms with Crippen LogP contribution in [0.2, 0.25) is 0 Å². The first-order valence-corrected chi connectivity index (χ1v) is 6.63. The molecule has 0 radical (unpaired) electrons. The van der Waals surface area contributed by atoms with E-state index >= 15 is 0 Å². The number of fused-ring (bicyclic) bond motifs is 1. The summed E-state index contributed by atoms with van der Waals surface area (Å²) in [6, 6.07) is 0. The highest BCUT2D eigenvalue weighted by atomic mass is 16.4. The van der Waals surface area contributed by atoms with E-state index < -0.39 is 11.4 Å². The first-order chi connectivity index (χ1) is 8.12. The molecule has 1 aliphatic heterocycles. The molecule has 17 heavy (non-hydrogen) atoms. The Morgan fingerprint density at radius 3 is 2.65 bits per heavy atom. The van der Waals surface area contributed by atoms with E-state index in [-0.39, 0.29) is 11.8 Å². The molecule has 1 saturated heterocycles. The molecule has 0 bridgehead atoms. The highest BCUT2D eigenvalue weighted by Crippen LogP contribution is 2.49. The fourth-order valence-electron chi connectivity index (χ4n) is 3.53. The number of amides is 1. The van der Waals surface area contributed by atoms with E-state index in [2.05, 4.69) is 0 Å². The van der Waals surface area contributed by atoms with Crippen LogP contribution in [0.15, 0.2) is 0 Å². The lowest BCUT2D eigenvalue weighted by Gasteiger charge is -2.23. The maximum Gasteiger partial charge on any atom is 0.311 e. The number of nitrogens with zero attached hydrogens (tertiary/aromatic N) is 1.